The molecule has 174 valence electrons. The minimum Gasteiger partial charge on any atom is -0.372 e. The number of anilines is 2. The number of rotatable bonds is 7. The average molecular weight is 482 g/mol. The first-order valence-electron chi connectivity index (χ1n) is 11.4. The van der Waals surface area contributed by atoms with Gasteiger partial charge in [-0.15, -0.1) is 22.0 Å². The molecule has 0 fully saturated rings. The van der Waals surface area contributed by atoms with Gasteiger partial charge in [-0.25, -0.2) is 0 Å². The van der Waals surface area contributed by atoms with Gasteiger partial charge in [0.15, 0.2) is 11.0 Å². The molecule has 3 aromatic rings. The third-order valence-corrected chi connectivity index (χ3v) is 8.20. The van der Waals surface area contributed by atoms with Crippen LogP contribution in [0.3, 0.4) is 0 Å². The monoisotopic (exact) mass is 481 g/mol. The number of nitrogens with zero attached hydrogens (tertiary/aromatic N) is 5. The molecule has 4 rings (SSSR count). The molecule has 33 heavy (non-hydrogen) atoms. The number of para-hydroxylation sites is 1. The highest BCUT2D eigenvalue weighted by molar-refractivity contribution is 8.00. The van der Waals surface area contributed by atoms with Crippen molar-refractivity contribution in [2.45, 2.75) is 42.5 Å². The van der Waals surface area contributed by atoms with Crippen LogP contribution >= 0.6 is 23.5 Å². The normalized spacial score (nSPS) is 15.8. The first kappa shape index (κ1) is 23.7. The molecule has 8 heteroatoms. The molecule has 1 atom stereocenters. The van der Waals surface area contributed by atoms with E-state index in [0.29, 0.717) is 11.0 Å². The fraction of sp³-hybridized carbons (Fsp3) is 0.400. The largest absolute Gasteiger partial charge is 0.372 e. The first-order valence-corrected chi connectivity index (χ1v) is 13.3. The highest BCUT2D eigenvalue weighted by Crippen LogP contribution is 2.37. The summed E-state index contributed by atoms with van der Waals surface area (Å²) in [4.78, 5) is 18.6. The number of hydrogen-bond donors (Lipinski definition) is 0. The second-order valence-electron chi connectivity index (χ2n) is 8.10. The number of hydrogen-bond acceptors (Lipinski definition) is 6. The van der Waals surface area contributed by atoms with Gasteiger partial charge < -0.3 is 14.4 Å². The van der Waals surface area contributed by atoms with Gasteiger partial charge in [0.25, 0.3) is 0 Å². The van der Waals surface area contributed by atoms with Gasteiger partial charge in [-0.2, -0.15) is 0 Å². The molecule has 0 saturated heterocycles. The summed E-state index contributed by atoms with van der Waals surface area (Å²) in [6.45, 7) is 9.25. The van der Waals surface area contributed by atoms with Gasteiger partial charge >= 0.3 is 0 Å². The van der Waals surface area contributed by atoms with Crippen molar-refractivity contribution < 1.29 is 4.79 Å². The summed E-state index contributed by atoms with van der Waals surface area (Å²) in [5.74, 6) is 1.25. The molecular weight excluding hydrogens is 450 g/mol. The summed E-state index contributed by atoms with van der Waals surface area (Å²) < 4.78 is 1.97. The fourth-order valence-electron chi connectivity index (χ4n) is 4.05. The number of benzene rings is 2. The van der Waals surface area contributed by atoms with E-state index in [4.69, 9.17) is 0 Å². The van der Waals surface area contributed by atoms with E-state index >= 15 is 0 Å². The summed E-state index contributed by atoms with van der Waals surface area (Å²) in [7, 11) is 1.96. The highest BCUT2D eigenvalue weighted by atomic mass is 32.2. The van der Waals surface area contributed by atoms with Crippen molar-refractivity contribution in [1.82, 2.24) is 14.8 Å². The molecule has 1 aliphatic heterocycles. The SMILES string of the molecule is CCN(CC)c1ccc(-c2nnc(SCC(=O)N3CCC(C)Sc4ccccc43)n2C)cc1. The van der Waals surface area contributed by atoms with Crippen LogP contribution in [0.1, 0.15) is 27.2 Å². The van der Waals surface area contributed by atoms with Gasteiger partial charge in [0.1, 0.15) is 0 Å². The Bertz CT molecular complexity index is 1090. The Morgan fingerprint density at radius 1 is 1.12 bits per heavy atom. The van der Waals surface area contributed by atoms with Crippen molar-refractivity contribution in [2.24, 2.45) is 7.05 Å². The van der Waals surface area contributed by atoms with Crippen molar-refractivity contribution in [3.8, 4) is 11.4 Å². The Kier molecular flexibility index (Phi) is 7.65. The van der Waals surface area contributed by atoms with E-state index in [2.05, 4.69) is 66.2 Å². The minimum absolute atomic E-state index is 0.107. The van der Waals surface area contributed by atoms with E-state index in [0.717, 1.165) is 48.3 Å². The first-order chi connectivity index (χ1) is 16.0. The minimum atomic E-state index is 0.107. The number of fused-ring (bicyclic) bond motifs is 1. The van der Waals surface area contributed by atoms with Crippen molar-refractivity contribution in [1.29, 1.82) is 0 Å². The lowest BCUT2D eigenvalue weighted by molar-refractivity contribution is -0.116. The molecule has 0 radical (unpaired) electrons. The van der Waals surface area contributed by atoms with E-state index in [1.807, 2.05) is 46.5 Å². The van der Waals surface area contributed by atoms with Crippen LogP contribution in [0, 0.1) is 0 Å². The zero-order valence-corrected chi connectivity index (χ0v) is 21.3. The maximum Gasteiger partial charge on any atom is 0.237 e. The lowest BCUT2D eigenvalue weighted by Crippen LogP contribution is -2.33. The zero-order valence-electron chi connectivity index (χ0n) is 19.7. The Morgan fingerprint density at radius 3 is 2.58 bits per heavy atom. The third-order valence-electron chi connectivity index (χ3n) is 5.96. The van der Waals surface area contributed by atoms with Crippen molar-refractivity contribution in [3.63, 3.8) is 0 Å². The summed E-state index contributed by atoms with van der Waals surface area (Å²) >= 11 is 3.29. The van der Waals surface area contributed by atoms with E-state index in [-0.39, 0.29) is 5.91 Å². The fourth-order valence-corrected chi connectivity index (χ4v) is 5.95. The summed E-state index contributed by atoms with van der Waals surface area (Å²) in [6.07, 6.45) is 0.980. The molecule has 0 saturated carbocycles. The van der Waals surface area contributed by atoms with Crippen LogP contribution < -0.4 is 9.80 Å². The highest BCUT2D eigenvalue weighted by Gasteiger charge is 2.24. The Balaban J connectivity index is 1.45. The van der Waals surface area contributed by atoms with Crippen LogP contribution in [0.2, 0.25) is 0 Å². The quantitative estimate of drug-likeness (QED) is 0.425. The standard InChI is InChI=1S/C25H31N5OS2/c1-5-29(6-2)20-13-11-19(12-14-20)24-26-27-25(28(24)4)32-17-23(31)30-16-15-18(3)33-22-10-8-7-9-21(22)30/h7-14,18H,5-6,15-17H2,1-4H3. The van der Waals surface area contributed by atoms with Crippen molar-refractivity contribution in [2.75, 3.05) is 35.2 Å². The summed E-state index contributed by atoms with van der Waals surface area (Å²) in [5, 5.41) is 10.0. The van der Waals surface area contributed by atoms with Crippen molar-refractivity contribution in [3.05, 3.63) is 48.5 Å². The van der Waals surface area contributed by atoms with Crippen LogP contribution in [0.25, 0.3) is 11.4 Å². The topological polar surface area (TPSA) is 54.3 Å². The number of thioether (sulfide) groups is 2. The smallest absolute Gasteiger partial charge is 0.237 e. The second kappa shape index (κ2) is 10.7. The van der Waals surface area contributed by atoms with Gasteiger partial charge in [0, 0.05) is 48.1 Å². The second-order valence-corrected chi connectivity index (χ2v) is 10.5. The van der Waals surface area contributed by atoms with Crippen LogP contribution in [0.15, 0.2) is 58.6 Å². The lowest BCUT2D eigenvalue weighted by Gasteiger charge is -2.22. The number of aromatic nitrogens is 3. The molecule has 0 aliphatic carbocycles. The van der Waals surface area contributed by atoms with Gasteiger partial charge in [-0.1, -0.05) is 30.8 Å². The van der Waals surface area contributed by atoms with Gasteiger partial charge in [-0.3, -0.25) is 4.79 Å². The molecule has 1 unspecified atom stereocenters. The molecule has 6 nitrogen and oxygen atoms in total. The van der Waals surface area contributed by atoms with E-state index in [1.54, 1.807) is 0 Å². The maximum atomic E-state index is 13.2. The molecule has 1 aliphatic rings. The maximum absolute atomic E-state index is 13.2. The Morgan fingerprint density at radius 2 is 1.85 bits per heavy atom. The van der Waals surface area contributed by atoms with Gasteiger partial charge in [-0.05, 0) is 56.7 Å². The van der Waals surface area contributed by atoms with E-state index in [1.165, 1.54) is 22.3 Å². The van der Waals surface area contributed by atoms with Crippen LogP contribution in [0.4, 0.5) is 11.4 Å². The molecular formula is C25H31N5OS2. The van der Waals surface area contributed by atoms with Crippen LogP contribution in [-0.2, 0) is 11.8 Å². The van der Waals surface area contributed by atoms with Crippen LogP contribution in [0.5, 0.6) is 0 Å². The predicted octanol–water partition coefficient (Wildman–Crippen LogP) is 5.34. The third kappa shape index (κ3) is 5.22. The molecule has 1 aromatic heterocycles. The predicted molar refractivity (Wildman–Crippen MR) is 139 cm³/mol. The molecule has 0 spiro atoms. The molecule has 0 N–H and O–H groups in total. The summed E-state index contributed by atoms with van der Waals surface area (Å²) in [5.41, 5.74) is 3.24. The Hall–Kier alpha value is -2.45. The number of carbonyl (C=O) groups excluding carboxylic acids is 1. The van der Waals surface area contributed by atoms with E-state index < -0.39 is 0 Å². The van der Waals surface area contributed by atoms with Gasteiger partial charge in [0.05, 0.1) is 11.4 Å². The van der Waals surface area contributed by atoms with Crippen LogP contribution in [-0.4, -0.2) is 51.3 Å². The molecule has 1 amide bonds. The average Bonchev–Trinajstić information content (AvgIpc) is 3.10. The van der Waals surface area contributed by atoms with Crippen molar-refractivity contribution >= 4 is 40.8 Å². The van der Waals surface area contributed by atoms with Gasteiger partial charge in [0.2, 0.25) is 5.91 Å². The molecule has 2 heterocycles. The number of amides is 1. The Labute approximate surface area is 204 Å². The lowest BCUT2D eigenvalue weighted by atomic mass is 10.2. The zero-order chi connectivity index (χ0) is 23.4. The summed E-state index contributed by atoms with van der Waals surface area (Å²) in [6, 6.07) is 16.6. The number of carbonyl (C=O) groups is 1. The molecule has 0 bridgehead atoms. The molecule has 2 aromatic carbocycles. The van der Waals surface area contributed by atoms with E-state index in [9.17, 15) is 4.79 Å².